The van der Waals surface area contributed by atoms with Gasteiger partial charge in [-0.2, -0.15) is 0 Å². The Morgan fingerprint density at radius 3 is 1.62 bits per heavy atom. The van der Waals surface area contributed by atoms with E-state index in [0.29, 0.717) is 49.4 Å². The van der Waals surface area contributed by atoms with E-state index in [1.165, 1.54) is 0 Å². The summed E-state index contributed by atoms with van der Waals surface area (Å²) in [5.41, 5.74) is 3.52. The first kappa shape index (κ1) is 23.4. The van der Waals surface area contributed by atoms with Gasteiger partial charge in [0.1, 0.15) is 12.2 Å². The van der Waals surface area contributed by atoms with Gasteiger partial charge in [0, 0.05) is 11.1 Å². The van der Waals surface area contributed by atoms with Gasteiger partial charge in [-0.3, -0.25) is 0 Å². The van der Waals surface area contributed by atoms with E-state index < -0.39 is 0 Å². The lowest BCUT2D eigenvalue weighted by Crippen LogP contribution is -2.04. The van der Waals surface area contributed by atoms with E-state index >= 15 is 0 Å². The van der Waals surface area contributed by atoms with Gasteiger partial charge in [-0.25, -0.2) is 0 Å². The molecule has 174 valence electrons. The monoisotopic (exact) mass is 558 g/mol. The van der Waals surface area contributed by atoms with Crippen molar-refractivity contribution in [3.8, 4) is 34.1 Å². The Balaban J connectivity index is 1.70. The summed E-state index contributed by atoms with van der Waals surface area (Å²) >= 11 is 1.85. The fourth-order valence-corrected chi connectivity index (χ4v) is 3.79. The van der Waals surface area contributed by atoms with Gasteiger partial charge in [0.2, 0.25) is 0 Å². The molecule has 2 atom stereocenters. The summed E-state index contributed by atoms with van der Waals surface area (Å²) in [5.74, 6) is 2.40. The molecule has 2 fully saturated rings. The Morgan fingerprint density at radius 2 is 1.22 bits per heavy atom. The fourth-order valence-electron chi connectivity index (χ4n) is 3.46. The van der Waals surface area contributed by atoms with Crippen molar-refractivity contribution in [2.24, 2.45) is 0 Å². The van der Waals surface area contributed by atoms with Gasteiger partial charge in [0.15, 0.2) is 46.0 Å². The molecule has 9 heteroatoms. The molecular formula is C23H27IO8. The van der Waals surface area contributed by atoms with Crippen molar-refractivity contribution in [1.82, 2.24) is 0 Å². The SMILES string of the molecule is COc1cc(COCC2CO2)cc(-c2cc(COCC3CO3)cc(OI)c2OC)c1OC. The molecule has 2 aromatic rings. The van der Waals surface area contributed by atoms with Crippen molar-refractivity contribution in [1.29, 1.82) is 0 Å². The number of hydrogen-bond acceptors (Lipinski definition) is 8. The number of rotatable bonds is 13. The van der Waals surface area contributed by atoms with Crippen LogP contribution in [0, 0.1) is 0 Å². The Kier molecular flexibility index (Phi) is 7.95. The molecule has 0 radical (unpaired) electrons. The second-order valence-electron chi connectivity index (χ2n) is 7.57. The molecule has 8 nitrogen and oxygen atoms in total. The van der Waals surface area contributed by atoms with Crippen LogP contribution >= 0.6 is 23.0 Å². The molecule has 2 aromatic carbocycles. The van der Waals surface area contributed by atoms with Crippen LogP contribution in [0.4, 0.5) is 0 Å². The maximum atomic E-state index is 5.80. The average molecular weight is 558 g/mol. The van der Waals surface area contributed by atoms with Crippen molar-refractivity contribution < 1.29 is 36.2 Å². The molecule has 4 rings (SSSR count). The number of benzene rings is 2. The Morgan fingerprint density at radius 1 is 0.750 bits per heavy atom. The van der Waals surface area contributed by atoms with Crippen LogP contribution < -0.4 is 17.3 Å². The van der Waals surface area contributed by atoms with Crippen LogP contribution in [0.2, 0.25) is 0 Å². The molecule has 2 unspecified atom stereocenters. The predicted octanol–water partition coefficient (Wildman–Crippen LogP) is 3.94. The standard InChI is InChI=1S/C23H27IO8/c1-25-20-6-14(8-28-10-16-12-30-16)4-18(22(20)26-2)19-5-15(9-29-11-17-13-31-17)7-21(32-24)23(19)27-3/h4-7,16-17H,8-13H2,1-3H3. The largest absolute Gasteiger partial charge is 0.493 e. The second kappa shape index (κ2) is 10.9. The summed E-state index contributed by atoms with van der Waals surface area (Å²) in [7, 11) is 4.85. The van der Waals surface area contributed by atoms with E-state index in [-0.39, 0.29) is 12.2 Å². The minimum absolute atomic E-state index is 0.204. The van der Waals surface area contributed by atoms with Crippen molar-refractivity contribution in [3.63, 3.8) is 0 Å². The van der Waals surface area contributed by atoms with Gasteiger partial charge in [0.25, 0.3) is 0 Å². The molecule has 0 amide bonds. The van der Waals surface area contributed by atoms with Gasteiger partial charge in [-0.15, -0.1) is 0 Å². The Labute approximate surface area is 201 Å². The highest BCUT2D eigenvalue weighted by Crippen LogP contribution is 2.47. The first-order chi connectivity index (χ1) is 15.7. The topological polar surface area (TPSA) is 80.4 Å². The first-order valence-electron chi connectivity index (χ1n) is 10.3. The molecular weight excluding hydrogens is 531 g/mol. The molecule has 2 heterocycles. The molecule has 0 bridgehead atoms. The van der Waals surface area contributed by atoms with Crippen molar-refractivity contribution in [2.75, 3.05) is 47.8 Å². The molecule has 32 heavy (non-hydrogen) atoms. The molecule has 0 aromatic heterocycles. The molecule has 0 N–H and O–H groups in total. The summed E-state index contributed by atoms with van der Waals surface area (Å²) < 4.78 is 44.7. The molecule has 2 aliphatic heterocycles. The zero-order valence-electron chi connectivity index (χ0n) is 18.4. The molecule has 0 aliphatic carbocycles. The molecule has 0 spiro atoms. The van der Waals surface area contributed by atoms with Gasteiger partial charge in [-0.1, -0.05) is 0 Å². The van der Waals surface area contributed by atoms with E-state index in [1.807, 2.05) is 47.3 Å². The van der Waals surface area contributed by atoms with Gasteiger partial charge >= 0.3 is 0 Å². The lowest BCUT2D eigenvalue weighted by molar-refractivity contribution is 0.104. The predicted molar refractivity (Wildman–Crippen MR) is 125 cm³/mol. The molecule has 2 aliphatic rings. The number of epoxide rings is 2. The number of halogens is 1. The molecule has 0 saturated carbocycles. The van der Waals surface area contributed by atoms with Gasteiger partial charge in [-0.05, 0) is 35.4 Å². The Hall–Kier alpha value is -1.79. The minimum atomic E-state index is 0.204. The summed E-state index contributed by atoms with van der Waals surface area (Å²) in [6, 6.07) is 7.87. The zero-order valence-corrected chi connectivity index (χ0v) is 20.5. The van der Waals surface area contributed by atoms with Crippen LogP contribution in [0.3, 0.4) is 0 Å². The zero-order chi connectivity index (χ0) is 22.5. The average Bonchev–Trinajstić information content (AvgIpc) is 3.73. The second-order valence-corrected chi connectivity index (χ2v) is 8.01. The number of methoxy groups -OCH3 is 3. The maximum Gasteiger partial charge on any atom is 0.192 e. The first-order valence-corrected chi connectivity index (χ1v) is 11.2. The number of hydrogen-bond donors (Lipinski definition) is 0. The van der Waals surface area contributed by atoms with Crippen molar-refractivity contribution in [3.05, 3.63) is 35.4 Å². The van der Waals surface area contributed by atoms with Crippen LogP contribution in [0.1, 0.15) is 11.1 Å². The van der Waals surface area contributed by atoms with Crippen molar-refractivity contribution >= 4 is 23.0 Å². The summed E-state index contributed by atoms with van der Waals surface area (Å²) in [5, 5.41) is 0. The van der Waals surface area contributed by atoms with Gasteiger partial charge < -0.3 is 36.2 Å². The Bertz CT molecular complexity index is 851. The van der Waals surface area contributed by atoms with Crippen LogP contribution in [-0.4, -0.2) is 60.0 Å². The van der Waals surface area contributed by atoms with E-state index in [2.05, 4.69) is 0 Å². The fraction of sp³-hybridized carbons (Fsp3) is 0.478. The highest BCUT2D eigenvalue weighted by atomic mass is 127. The van der Waals surface area contributed by atoms with Crippen LogP contribution in [0.5, 0.6) is 23.0 Å². The highest BCUT2D eigenvalue weighted by molar-refractivity contribution is 14.1. The smallest absolute Gasteiger partial charge is 0.192 e. The summed E-state index contributed by atoms with van der Waals surface area (Å²) in [6.07, 6.45) is 0.408. The molecule has 2 saturated heterocycles. The minimum Gasteiger partial charge on any atom is -0.493 e. The third kappa shape index (κ3) is 5.76. The quantitative estimate of drug-likeness (QED) is 0.270. The normalized spacial score (nSPS) is 18.9. The lowest BCUT2D eigenvalue weighted by atomic mass is 9.97. The highest BCUT2D eigenvalue weighted by Gasteiger charge is 2.25. The summed E-state index contributed by atoms with van der Waals surface area (Å²) in [4.78, 5) is 0. The van der Waals surface area contributed by atoms with Crippen LogP contribution in [0.25, 0.3) is 11.1 Å². The summed E-state index contributed by atoms with van der Waals surface area (Å²) in [6.45, 7) is 3.50. The van der Waals surface area contributed by atoms with Gasteiger partial charge in [0.05, 0.1) is 61.0 Å². The van der Waals surface area contributed by atoms with E-state index in [1.54, 1.807) is 21.3 Å². The maximum absolute atomic E-state index is 5.80. The van der Waals surface area contributed by atoms with Crippen molar-refractivity contribution in [2.45, 2.75) is 25.4 Å². The third-order valence-electron chi connectivity index (χ3n) is 5.18. The van der Waals surface area contributed by atoms with Crippen LogP contribution in [-0.2, 0) is 32.2 Å². The number of ether oxygens (including phenoxy) is 7. The van der Waals surface area contributed by atoms with E-state index in [0.717, 1.165) is 35.5 Å². The van der Waals surface area contributed by atoms with E-state index in [9.17, 15) is 0 Å². The lowest BCUT2D eigenvalue weighted by Gasteiger charge is -2.19. The van der Waals surface area contributed by atoms with E-state index in [4.69, 9.17) is 36.2 Å². The van der Waals surface area contributed by atoms with Crippen LogP contribution in [0.15, 0.2) is 24.3 Å². The third-order valence-corrected chi connectivity index (χ3v) is 5.65.